The molecule has 4 amide bonds. The van der Waals surface area contributed by atoms with Crippen LogP contribution in [0.1, 0.15) is 6.42 Å². The number of amides is 4. The second kappa shape index (κ2) is 8.75. The second-order valence-corrected chi connectivity index (χ2v) is 6.38. The molecule has 0 aromatic heterocycles. The first kappa shape index (κ1) is 19.0. The molecular formula is C19H19ClN4O3. The number of methoxy groups -OCH3 is 1. The minimum atomic E-state index is -0.568. The summed E-state index contributed by atoms with van der Waals surface area (Å²) in [6, 6.07) is 5.70. The number of halogens is 1. The van der Waals surface area contributed by atoms with Crippen molar-refractivity contribution in [3.8, 4) is 0 Å². The van der Waals surface area contributed by atoms with Crippen LogP contribution in [-0.2, 0) is 4.74 Å². The molecule has 1 aromatic rings. The predicted molar refractivity (Wildman–Crippen MR) is 106 cm³/mol. The van der Waals surface area contributed by atoms with Crippen molar-refractivity contribution in [2.24, 2.45) is 15.9 Å². The number of anilines is 1. The van der Waals surface area contributed by atoms with Gasteiger partial charge in [0.2, 0.25) is 0 Å². The van der Waals surface area contributed by atoms with Crippen molar-refractivity contribution < 1.29 is 14.3 Å². The Hall–Kier alpha value is -2.77. The molecule has 1 aliphatic carbocycles. The quantitative estimate of drug-likeness (QED) is 0.778. The van der Waals surface area contributed by atoms with E-state index in [0.717, 1.165) is 0 Å². The number of nitrogens with one attached hydrogen (secondary N) is 1. The fourth-order valence-electron chi connectivity index (χ4n) is 2.79. The minimum Gasteiger partial charge on any atom is -0.385 e. The number of benzene rings is 1. The summed E-state index contributed by atoms with van der Waals surface area (Å²) in [5.74, 6) is 0.0133. The molecule has 1 atom stereocenters. The lowest BCUT2D eigenvalue weighted by Gasteiger charge is -2.31. The standard InChI is InChI=1S/C19H19ClN4O3/c1-27-12-4-11-24-17(15-5-2-3-6-16(15)22-19(24)26)23-18(25)21-14-9-7-13(20)8-10-14/h2-3,5-10,15H,4,11-12H2,1H3,(H,21,25)/b23-17-. The summed E-state index contributed by atoms with van der Waals surface area (Å²) >= 11 is 5.85. The Morgan fingerprint density at radius 3 is 2.85 bits per heavy atom. The van der Waals surface area contributed by atoms with Gasteiger partial charge < -0.3 is 10.1 Å². The van der Waals surface area contributed by atoms with Crippen LogP contribution >= 0.6 is 11.6 Å². The third-order valence-corrected chi connectivity index (χ3v) is 4.30. The molecule has 0 radical (unpaired) electrons. The predicted octanol–water partition coefficient (Wildman–Crippen LogP) is 3.93. The second-order valence-electron chi connectivity index (χ2n) is 5.95. The van der Waals surface area contributed by atoms with Crippen LogP contribution in [0.2, 0.25) is 5.02 Å². The number of fused-ring (bicyclic) bond motifs is 1. The summed E-state index contributed by atoms with van der Waals surface area (Å²) in [6.45, 7) is 0.857. The van der Waals surface area contributed by atoms with Crippen LogP contribution in [0.3, 0.4) is 0 Å². The van der Waals surface area contributed by atoms with Gasteiger partial charge >= 0.3 is 12.1 Å². The van der Waals surface area contributed by atoms with Crippen molar-refractivity contribution in [2.75, 3.05) is 25.6 Å². The highest BCUT2D eigenvalue weighted by molar-refractivity contribution is 6.30. The first-order chi connectivity index (χ1) is 13.1. The Morgan fingerprint density at radius 1 is 1.33 bits per heavy atom. The smallest absolute Gasteiger partial charge is 0.349 e. The number of carbonyl (C=O) groups is 2. The van der Waals surface area contributed by atoms with E-state index < -0.39 is 12.1 Å². The molecular weight excluding hydrogens is 368 g/mol. The normalized spacial score (nSPS) is 19.9. The number of ether oxygens (including phenoxy) is 1. The molecule has 1 unspecified atom stereocenters. The van der Waals surface area contributed by atoms with Crippen molar-refractivity contribution >= 4 is 40.9 Å². The van der Waals surface area contributed by atoms with Crippen molar-refractivity contribution in [3.05, 3.63) is 53.6 Å². The van der Waals surface area contributed by atoms with Gasteiger partial charge in [0.1, 0.15) is 5.84 Å². The van der Waals surface area contributed by atoms with Crippen molar-refractivity contribution in [3.63, 3.8) is 0 Å². The molecule has 0 fully saturated rings. The van der Waals surface area contributed by atoms with Gasteiger partial charge in [-0.1, -0.05) is 29.8 Å². The van der Waals surface area contributed by atoms with E-state index in [1.807, 2.05) is 12.2 Å². The summed E-state index contributed by atoms with van der Waals surface area (Å²) in [5.41, 5.74) is 1.14. The van der Waals surface area contributed by atoms with E-state index >= 15 is 0 Å². The Bertz CT molecular complexity index is 843. The van der Waals surface area contributed by atoms with E-state index in [4.69, 9.17) is 16.3 Å². The topological polar surface area (TPSA) is 83.4 Å². The summed E-state index contributed by atoms with van der Waals surface area (Å²) in [6.07, 6.45) is 7.87. The van der Waals surface area contributed by atoms with Crippen LogP contribution in [0.25, 0.3) is 0 Å². The number of rotatable bonds is 5. The Kier molecular flexibility index (Phi) is 6.16. The van der Waals surface area contributed by atoms with Crippen LogP contribution in [-0.4, -0.2) is 48.8 Å². The van der Waals surface area contributed by atoms with Crippen LogP contribution in [0.15, 0.2) is 58.6 Å². The SMILES string of the molecule is COCCCN1C(=O)N=C2C=CC=CC2/C1=N/C(=O)Nc1ccc(Cl)cc1. The summed E-state index contributed by atoms with van der Waals surface area (Å²) in [7, 11) is 1.59. The number of hydrogen-bond donors (Lipinski definition) is 1. The zero-order chi connectivity index (χ0) is 19.2. The highest BCUT2D eigenvalue weighted by Crippen LogP contribution is 2.22. The molecule has 0 saturated heterocycles. The Labute approximate surface area is 162 Å². The van der Waals surface area contributed by atoms with Crippen molar-refractivity contribution in [1.29, 1.82) is 0 Å². The molecule has 1 aromatic carbocycles. The van der Waals surface area contributed by atoms with Crippen molar-refractivity contribution in [2.45, 2.75) is 6.42 Å². The molecule has 1 aliphatic heterocycles. The number of aliphatic imine (C=N–C) groups is 2. The molecule has 1 heterocycles. The molecule has 7 nitrogen and oxygen atoms in total. The van der Waals surface area contributed by atoms with Gasteiger partial charge in [-0.2, -0.15) is 9.98 Å². The van der Waals surface area contributed by atoms with Crippen molar-refractivity contribution in [1.82, 2.24) is 4.90 Å². The fraction of sp³-hybridized carbons (Fsp3) is 0.263. The van der Waals surface area contributed by atoms with Crippen LogP contribution < -0.4 is 5.32 Å². The lowest BCUT2D eigenvalue weighted by molar-refractivity contribution is 0.184. The maximum atomic E-state index is 12.4. The average molecular weight is 387 g/mol. The largest absolute Gasteiger partial charge is 0.385 e. The summed E-state index contributed by atoms with van der Waals surface area (Å²) < 4.78 is 5.05. The first-order valence-electron chi connectivity index (χ1n) is 8.47. The summed E-state index contributed by atoms with van der Waals surface area (Å²) in [4.78, 5) is 34.6. The first-order valence-corrected chi connectivity index (χ1v) is 8.85. The van der Waals surface area contributed by atoms with Gasteiger partial charge in [-0.05, 0) is 36.8 Å². The monoisotopic (exact) mass is 386 g/mol. The number of allylic oxidation sites excluding steroid dienone is 3. The van der Waals surface area contributed by atoms with E-state index in [2.05, 4.69) is 15.3 Å². The minimum absolute atomic E-state index is 0.341. The van der Waals surface area contributed by atoms with Crippen LogP contribution in [0, 0.1) is 5.92 Å². The zero-order valence-electron chi connectivity index (χ0n) is 14.8. The molecule has 0 saturated carbocycles. The van der Waals surface area contributed by atoms with Gasteiger partial charge in [0.05, 0.1) is 11.6 Å². The Balaban J connectivity index is 1.85. The Morgan fingerprint density at radius 2 is 2.11 bits per heavy atom. The van der Waals surface area contributed by atoms with Gasteiger partial charge in [0, 0.05) is 31.0 Å². The molecule has 0 bridgehead atoms. The molecule has 8 heteroatoms. The van der Waals surface area contributed by atoms with E-state index in [0.29, 0.717) is 41.8 Å². The van der Waals surface area contributed by atoms with Gasteiger partial charge in [0.15, 0.2) is 0 Å². The number of nitrogens with zero attached hydrogens (tertiary/aromatic N) is 3. The average Bonchev–Trinajstić information content (AvgIpc) is 2.66. The third kappa shape index (κ3) is 4.69. The highest BCUT2D eigenvalue weighted by atomic mass is 35.5. The number of urea groups is 2. The van der Waals surface area contributed by atoms with E-state index in [9.17, 15) is 9.59 Å². The van der Waals surface area contributed by atoms with Crippen LogP contribution in [0.5, 0.6) is 0 Å². The molecule has 27 heavy (non-hydrogen) atoms. The maximum Gasteiger partial charge on any atom is 0.349 e. The lowest BCUT2D eigenvalue weighted by atomic mass is 9.94. The molecule has 3 rings (SSSR count). The fourth-order valence-corrected chi connectivity index (χ4v) is 2.92. The van der Waals surface area contributed by atoms with E-state index in [1.165, 1.54) is 4.90 Å². The number of hydrogen-bond acceptors (Lipinski definition) is 3. The molecule has 0 spiro atoms. The number of carbonyl (C=O) groups excluding carboxylic acids is 2. The number of amidine groups is 1. The van der Waals surface area contributed by atoms with Gasteiger partial charge in [0.25, 0.3) is 0 Å². The molecule has 2 aliphatic rings. The zero-order valence-corrected chi connectivity index (χ0v) is 15.5. The highest BCUT2D eigenvalue weighted by Gasteiger charge is 2.34. The summed E-state index contributed by atoms with van der Waals surface area (Å²) in [5, 5.41) is 3.26. The van der Waals surface area contributed by atoms with Gasteiger partial charge in [-0.15, -0.1) is 0 Å². The molecule has 140 valence electrons. The maximum absolute atomic E-state index is 12.4. The molecule has 1 N–H and O–H groups in total. The third-order valence-electron chi connectivity index (χ3n) is 4.05. The van der Waals surface area contributed by atoms with Crippen LogP contribution in [0.4, 0.5) is 15.3 Å². The van der Waals surface area contributed by atoms with E-state index in [1.54, 1.807) is 43.5 Å². The van der Waals surface area contributed by atoms with Gasteiger partial charge in [-0.3, -0.25) is 4.90 Å². The lowest BCUT2D eigenvalue weighted by Crippen LogP contribution is -2.47. The van der Waals surface area contributed by atoms with Gasteiger partial charge in [-0.25, -0.2) is 9.59 Å². The van der Waals surface area contributed by atoms with E-state index in [-0.39, 0.29) is 5.92 Å².